The SMILES string of the molecule is C=C/C=C\C=C/C/C=C/C=C(\C=C/N)N(C(/C=C\Cc1ccccc1)=C/C=C)c1ccc(C)cc1. The van der Waals surface area contributed by atoms with Gasteiger partial charge in [-0.2, -0.15) is 0 Å². The number of anilines is 1. The highest BCUT2D eigenvalue weighted by molar-refractivity contribution is 5.64. The zero-order valence-corrected chi connectivity index (χ0v) is 20.6. The molecule has 0 aliphatic carbocycles. The van der Waals surface area contributed by atoms with E-state index < -0.39 is 0 Å². The van der Waals surface area contributed by atoms with Gasteiger partial charge in [-0.25, -0.2) is 0 Å². The highest BCUT2D eigenvalue weighted by atomic mass is 15.1. The summed E-state index contributed by atoms with van der Waals surface area (Å²) >= 11 is 0. The van der Waals surface area contributed by atoms with Gasteiger partial charge in [0.15, 0.2) is 0 Å². The van der Waals surface area contributed by atoms with Crippen LogP contribution in [0.1, 0.15) is 17.5 Å². The third-order valence-electron chi connectivity index (χ3n) is 5.02. The number of rotatable bonds is 13. The smallest absolute Gasteiger partial charge is 0.0475 e. The molecule has 0 radical (unpaired) electrons. The highest BCUT2D eigenvalue weighted by Gasteiger charge is 2.13. The van der Waals surface area contributed by atoms with Gasteiger partial charge in [0.05, 0.1) is 0 Å². The minimum atomic E-state index is 0.828. The van der Waals surface area contributed by atoms with Crippen molar-refractivity contribution in [1.29, 1.82) is 0 Å². The van der Waals surface area contributed by atoms with Crippen molar-refractivity contribution in [3.63, 3.8) is 0 Å². The topological polar surface area (TPSA) is 29.3 Å². The van der Waals surface area contributed by atoms with Gasteiger partial charge in [0.1, 0.15) is 0 Å². The van der Waals surface area contributed by atoms with E-state index in [-0.39, 0.29) is 0 Å². The molecule has 0 aliphatic heterocycles. The van der Waals surface area contributed by atoms with Crippen LogP contribution in [0.25, 0.3) is 0 Å². The van der Waals surface area contributed by atoms with Gasteiger partial charge >= 0.3 is 0 Å². The van der Waals surface area contributed by atoms with Gasteiger partial charge in [-0.05, 0) is 68.0 Å². The van der Waals surface area contributed by atoms with E-state index in [2.05, 4.69) is 110 Å². The lowest BCUT2D eigenvalue weighted by Gasteiger charge is -2.27. The molecule has 0 bridgehead atoms. The molecule has 0 aliphatic rings. The molecule has 0 heterocycles. The molecule has 35 heavy (non-hydrogen) atoms. The molecule has 0 unspecified atom stereocenters. The molecular formula is C33H36N2. The van der Waals surface area contributed by atoms with Crippen molar-refractivity contribution < 1.29 is 0 Å². The largest absolute Gasteiger partial charge is 0.405 e. The fourth-order valence-corrected chi connectivity index (χ4v) is 3.32. The lowest BCUT2D eigenvalue weighted by atomic mass is 10.1. The quantitative estimate of drug-likeness (QED) is 0.305. The Morgan fingerprint density at radius 3 is 2.17 bits per heavy atom. The van der Waals surface area contributed by atoms with Gasteiger partial charge in [0.2, 0.25) is 0 Å². The summed E-state index contributed by atoms with van der Waals surface area (Å²) in [5, 5.41) is 0. The maximum atomic E-state index is 5.86. The third kappa shape index (κ3) is 10.0. The standard InChI is InChI=1S/C33H36N2/c1-4-6-7-8-9-10-11-15-21-32(27-28-34)35(33-25-23-29(3)24-26-33)31(17-5-2)22-16-20-30-18-13-12-14-19-30/h4-9,11-19,21-28H,1-2,10,20,34H2,3H3/b7-6-,9-8-,15-11+,22-16-,28-27-,31-17+,32-21+. The predicted octanol–water partition coefficient (Wildman–Crippen LogP) is 8.27. The van der Waals surface area contributed by atoms with Gasteiger partial charge in [0.25, 0.3) is 0 Å². The van der Waals surface area contributed by atoms with Crippen LogP contribution in [0.5, 0.6) is 0 Å². The second-order valence-electron chi connectivity index (χ2n) is 7.75. The van der Waals surface area contributed by atoms with Crippen LogP contribution >= 0.6 is 0 Å². The molecule has 2 aromatic rings. The molecule has 2 N–H and O–H groups in total. The van der Waals surface area contributed by atoms with Crippen LogP contribution in [0, 0.1) is 6.92 Å². The highest BCUT2D eigenvalue weighted by Crippen LogP contribution is 2.27. The van der Waals surface area contributed by atoms with Gasteiger partial charge in [-0.1, -0.05) is 116 Å². The van der Waals surface area contributed by atoms with Crippen LogP contribution in [-0.4, -0.2) is 0 Å². The maximum Gasteiger partial charge on any atom is 0.0475 e. The van der Waals surface area contributed by atoms with E-state index >= 15 is 0 Å². The zero-order valence-electron chi connectivity index (χ0n) is 20.6. The minimum absolute atomic E-state index is 0.828. The molecule has 0 amide bonds. The molecule has 0 atom stereocenters. The first-order valence-electron chi connectivity index (χ1n) is 11.8. The van der Waals surface area contributed by atoms with Crippen LogP contribution in [0.15, 0.2) is 164 Å². The van der Waals surface area contributed by atoms with Crippen LogP contribution in [0.4, 0.5) is 5.69 Å². The van der Waals surface area contributed by atoms with Crippen LogP contribution in [-0.2, 0) is 6.42 Å². The van der Waals surface area contributed by atoms with E-state index in [1.54, 1.807) is 12.3 Å². The van der Waals surface area contributed by atoms with Gasteiger partial charge in [0, 0.05) is 17.1 Å². The fourth-order valence-electron chi connectivity index (χ4n) is 3.32. The van der Waals surface area contributed by atoms with E-state index in [9.17, 15) is 0 Å². The third-order valence-corrected chi connectivity index (χ3v) is 5.02. The Labute approximate surface area is 211 Å². The number of hydrogen-bond acceptors (Lipinski definition) is 2. The molecule has 2 heteroatoms. The van der Waals surface area contributed by atoms with Crippen molar-refractivity contribution in [2.75, 3.05) is 4.90 Å². The van der Waals surface area contributed by atoms with E-state index in [0.29, 0.717) is 0 Å². The molecule has 0 spiro atoms. The lowest BCUT2D eigenvalue weighted by Crippen LogP contribution is -2.20. The number of nitrogens with zero attached hydrogens (tertiary/aromatic N) is 1. The van der Waals surface area contributed by atoms with Crippen molar-refractivity contribution in [3.8, 4) is 0 Å². The Bertz CT molecular complexity index is 1120. The van der Waals surface area contributed by atoms with Crippen molar-refractivity contribution in [1.82, 2.24) is 0 Å². The Balaban J connectivity index is 2.39. The lowest BCUT2D eigenvalue weighted by molar-refractivity contribution is 1.13. The zero-order chi connectivity index (χ0) is 25.1. The second kappa shape index (κ2) is 16.3. The summed E-state index contributed by atoms with van der Waals surface area (Å²) in [6.07, 6.45) is 29.2. The van der Waals surface area contributed by atoms with Crippen molar-refractivity contribution in [2.45, 2.75) is 19.8 Å². The summed E-state index contributed by atoms with van der Waals surface area (Å²) in [6, 6.07) is 18.9. The van der Waals surface area contributed by atoms with Crippen molar-refractivity contribution in [3.05, 3.63) is 175 Å². The molecule has 0 saturated carbocycles. The number of allylic oxidation sites excluding steroid dienone is 13. The predicted molar refractivity (Wildman–Crippen MR) is 155 cm³/mol. The minimum Gasteiger partial charge on any atom is -0.405 e. The van der Waals surface area contributed by atoms with E-state index in [4.69, 9.17) is 5.73 Å². The molecule has 2 nitrogen and oxygen atoms in total. The summed E-state index contributed by atoms with van der Waals surface area (Å²) in [4.78, 5) is 2.18. The molecule has 178 valence electrons. The first kappa shape index (κ1) is 26.9. The molecule has 2 rings (SSSR count). The molecular weight excluding hydrogens is 424 g/mol. The van der Waals surface area contributed by atoms with Gasteiger partial charge in [-0.3, -0.25) is 0 Å². The number of benzene rings is 2. The average Bonchev–Trinajstić information content (AvgIpc) is 2.87. The summed E-state index contributed by atoms with van der Waals surface area (Å²) in [5.41, 5.74) is 11.3. The summed E-state index contributed by atoms with van der Waals surface area (Å²) in [6.45, 7) is 9.71. The first-order chi connectivity index (χ1) is 17.2. The molecule has 0 saturated heterocycles. The Hall–Kier alpha value is -4.30. The van der Waals surface area contributed by atoms with Gasteiger partial charge < -0.3 is 10.6 Å². The normalized spacial score (nSPS) is 13.1. The fraction of sp³-hybridized carbons (Fsp3) is 0.0909. The Morgan fingerprint density at radius 1 is 0.771 bits per heavy atom. The number of hydrogen-bond donors (Lipinski definition) is 1. The monoisotopic (exact) mass is 460 g/mol. The summed E-state index contributed by atoms with van der Waals surface area (Å²) in [5.74, 6) is 0. The average molecular weight is 461 g/mol. The van der Waals surface area contributed by atoms with Crippen molar-refractivity contribution in [2.24, 2.45) is 5.73 Å². The van der Waals surface area contributed by atoms with Gasteiger partial charge in [-0.15, -0.1) is 0 Å². The summed E-state index contributed by atoms with van der Waals surface area (Å²) in [7, 11) is 0. The van der Waals surface area contributed by atoms with E-state index in [0.717, 1.165) is 29.9 Å². The first-order valence-corrected chi connectivity index (χ1v) is 11.8. The number of nitrogens with two attached hydrogens (primary N) is 1. The van der Waals surface area contributed by atoms with Crippen LogP contribution < -0.4 is 10.6 Å². The Morgan fingerprint density at radius 2 is 1.49 bits per heavy atom. The molecule has 0 aromatic heterocycles. The van der Waals surface area contributed by atoms with Crippen LogP contribution in [0.3, 0.4) is 0 Å². The van der Waals surface area contributed by atoms with E-state index in [1.807, 2.05) is 42.5 Å². The summed E-state index contributed by atoms with van der Waals surface area (Å²) < 4.78 is 0. The Kier molecular flexibility index (Phi) is 12.6. The maximum absolute atomic E-state index is 5.86. The van der Waals surface area contributed by atoms with Crippen LogP contribution in [0.2, 0.25) is 0 Å². The second-order valence-corrected chi connectivity index (χ2v) is 7.75. The molecule has 2 aromatic carbocycles. The number of aryl methyl sites for hydroxylation is 1. The van der Waals surface area contributed by atoms with E-state index in [1.165, 1.54) is 11.1 Å². The van der Waals surface area contributed by atoms with Crippen molar-refractivity contribution >= 4 is 5.69 Å². The molecule has 0 fully saturated rings.